The van der Waals surface area contributed by atoms with Gasteiger partial charge in [-0.05, 0) is 24.6 Å². The lowest BCUT2D eigenvalue weighted by Gasteiger charge is -2.12. The second-order valence-corrected chi connectivity index (χ2v) is 7.17. The molecule has 1 aromatic carbocycles. The van der Waals surface area contributed by atoms with Crippen molar-refractivity contribution < 1.29 is 34.7 Å². The number of aryl methyl sites for hydroxylation is 1. The van der Waals surface area contributed by atoms with Crippen molar-refractivity contribution in [3.05, 3.63) is 29.9 Å². The Hall–Kier alpha value is -2.29. The maximum absolute atomic E-state index is 12.9. The SMILES string of the molecule is Cc1cc(S(=O)(=O)O)c(S(=O)(=O)O)cc1Nc1nc(F)nc(F)n1. The molecule has 0 aliphatic carbocycles. The molecule has 0 aliphatic heterocycles. The highest BCUT2D eigenvalue weighted by Crippen LogP contribution is 2.29. The summed E-state index contributed by atoms with van der Waals surface area (Å²) >= 11 is 0. The van der Waals surface area contributed by atoms with Crippen molar-refractivity contribution in [3.8, 4) is 0 Å². The number of nitrogens with zero attached hydrogens (tertiary/aromatic N) is 3. The summed E-state index contributed by atoms with van der Waals surface area (Å²) in [4.78, 5) is 6.67. The minimum Gasteiger partial charge on any atom is -0.324 e. The number of hydrogen-bond acceptors (Lipinski definition) is 8. The third kappa shape index (κ3) is 3.97. The summed E-state index contributed by atoms with van der Waals surface area (Å²) in [7, 11) is -10.0. The van der Waals surface area contributed by atoms with E-state index in [1.54, 1.807) is 0 Å². The van der Waals surface area contributed by atoms with Crippen LogP contribution in [0, 0.1) is 19.1 Å². The molecule has 0 atom stereocenters. The molecule has 0 radical (unpaired) electrons. The lowest BCUT2D eigenvalue weighted by atomic mass is 10.2. The zero-order valence-electron chi connectivity index (χ0n) is 11.6. The van der Waals surface area contributed by atoms with Crippen molar-refractivity contribution in [2.24, 2.45) is 0 Å². The number of aromatic nitrogens is 3. The average Bonchev–Trinajstić information content (AvgIpc) is 2.37. The third-order valence-electron chi connectivity index (χ3n) is 2.67. The van der Waals surface area contributed by atoms with Crippen LogP contribution in [0.15, 0.2) is 21.9 Å². The van der Waals surface area contributed by atoms with Crippen LogP contribution in [0.4, 0.5) is 20.4 Å². The Labute approximate surface area is 134 Å². The molecule has 1 heterocycles. The van der Waals surface area contributed by atoms with Gasteiger partial charge in [0.25, 0.3) is 20.2 Å². The second kappa shape index (κ2) is 5.97. The van der Waals surface area contributed by atoms with Crippen molar-refractivity contribution in [2.75, 3.05) is 5.32 Å². The van der Waals surface area contributed by atoms with Crippen molar-refractivity contribution >= 4 is 31.9 Å². The molecule has 0 fully saturated rings. The van der Waals surface area contributed by atoms with Gasteiger partial charge in [-0.15, -0.1) is 0 Å². The average molecular weight is 382 g/mol. The zero-order valence-corrected chi connectivity index (χ0v) is 13.2. The van der Waals surface area contributed by atoms with E-state index in [-0.39, 0.29) is 11.3 Å². The molecule has 14 heteroatoms. The molecule has 1 aromatic heterocycles. The highest BCUT2D eigenvalue weighted by molar-refractivity contribution is 7.89. The van der Waals surface area contributed by atoms with E-state index in [0.717, 1.165) is 6.07 Å². The van der Waals surface area contributed by atoms with E-state index in [4.69, 9.17) is 9.11 Å². The molecular weight excluding hydrogens is 374 g/mol. The third-order valence-corrected chi connectivity index (χ3v) is 4.59. The van der Waals surface area contributed by atoms with Crippen molar-refractivity contribution in [1.29, 1.82) is 0 Å². The summed E-state index contributed by atoms with van der Waals surface area (Å²) in [6.07, 6.45) is -2.90. The molecule has 0 bridgehead atoms. The van der Waals surface area contributed by atoms with E-state index in [1.807, 2.05) is 0 Å². The van der Waals surface area contributed by atoms with Gasteiger partial charge in [0.15, 0.2) is 0 Å². The van der Waals surface area contributed by atoms with Gasteiger partial charge in [0.2, 0.25) is 5.95 Å². The largest absolute Gasteiger partial charge is 0.324 e. The molecule has 130 valence electrons. The van der Waals surface area contributed by atoms with E-state index in [2.05, 4.69) is 20.3 Å². The van der Waals surface area contributed by atoms with E-state index in [0.29, 0.717) is 6.07 Å². The topological polar surface area (TPSA) is 159 Å². The van der Waals surface area contributed by atoms with Crippen molar-refractivity contribution in [2.45, 2.75) is 16.7 Å². The van der Waals surface area contributed by atoms with E-state index < -0.39 is 48.1 Å². The molecule has 0 saturated heterocycles. The normalized spacial score (nSPS) is 12.2. The molecule has 0 unspecified atom stereocenters. The molecule has 0 spiro atoms. The summed E-state index contributed by atoms with van der Waals surface area (Å²) in [6.45, 7) is 1.29. The fourth-order valence-corrected chi connectivity index (χ4v) is 3.55. The van der Waals surface area contributed by atoms with Gasteiger partial charge < -0.3 is 5.32 Å². The first-order valence-corrected chi connectivity index (χ1v) is 8.69. The Morgan fingerprint density at radius 1 is 0.917 bits per heavy atom. The molecule has 10 nitrogen and oxygen atoms in total. The Morgan fingerprint density at radius 3 is 1.83 bits per heavy atom. The predicted octanol–water partition coefficient (Wildman–Crippen LogP) is 0.695. The van der Waals surface area contributed by atoms with Gasteiger partial charge in [-0.2, -0.15) is 40.6 Å². The number of halogens is 2. The second-order valence-electron chi connectivity index (χ2n) is 4.39. The van der Waals surface area contributed by atoms with Crippen LogP contribution in [0.3, 0.4) is 0 Å². The highest BCUT2D eigenvalue weighted by atomic mass is 32.2. The fraction of sp³-hybridized carbons (Fsp3) is 0.100. The van der Waals surface area contributed by atoms with Gasteiger partial charge in [0.1, 0.15) is 9.79 Å². The number of hydrogen-bond donors (Lipinski definition) is 3. The first-order chi connectivity index (χ1) is 10.9. The number of anilines is 2. The van der Waals surface area contributed by atoms with Gasteiger partial charge in [-0.1, -0.05) is 0 Å². The van der Waals surface area contributed by atoms with Gasteiger partial charge in [0, 0.05) is 5.69 Å². The molecule has 3 N–H and O–H groups in total. The predicted molar refractivity (Wildman–Crippen MR) is 73.8 cm³/mol. The van der Waals surface area contributed by atoms with Gasteiger partial charge in [0.05, 0.1) is 0 Å². The monoisotopic (exact) mass is 382 g/mol. The molecule has 2 rings (SSSR count). The molecular formula is C10H8F2N4O6S2. The number of nitrogens with one attached hydrogen (secondary N) is 1. The quantitative estimate of drug-likeness (QED) is 0.642. The Bertz CT molecular complexity index is 1010. The Kier molecular flexibility index (Phi) is 4.49. The standard InChI is InChI=1S/C10H8F2N4O6S2/c1-4-2-6(23(17,18)19)7(24(20,21)22)3-5(4)13-10-15-8(11)14-9(12)16-10/h2-3H,1H3,(H,17,18,19)(H,20,21,22)(H,13,14,15,16). The number of rotatable bonds is 4. The maximum Gasteiger partial charge on any atom is 0.315 e. The van der Waals surface area contributed by atoms with Crippen molar-refractivity contribution in [3.63, 3.8) is 0 Å². The summed E-state index contributed by atoms with van der Waals surface area (Å²) < 4.78 is 89.1. The Morgan fingerprint density at radius 2 is 1.38 bits per heavy atom. The minimum atomic E-state index is -5.04. The van der Waals surface area contributed by atoms with Gasteiger partial charge in [-0.3, -0.25) is 9.11 Å². The first-order valence-electron chi connectivity index (χ1n) is 5.81. The molecule has 0 saturated carbocycles. The summed E-state index contributed by atoms with van der Waals surface area (Å²) in [5.74, 6) is -0.635. The van der Waals surface area contributed by atoms with E-state index >= 15 is 0 Å². The molecule has 0 aliphatic rings. The fourth-order valence-electron chi connectivity index (χ4n) is 1.70. The summed E-state index contributed by atoms with van der Waals surface area (Å²) in [6, 6.07) is 1.36. The van der Waals surface area contributed by atoms with Crippen LogP contribution >= 0.6 is 0 Å². The smallest absolute Gasteiger partial charge is 0.315 e. The molecule has 0 amide bonds. The first kappa shape index (κ1) is 18.1. The summed E-state index contributed by atoms with van der Waals surface area (Å²) in [5.41, 5.74) is -0.156. The molecule has 2 aromatic rings. The minimum absolute atomic E-state index is 0.0382. The van der Waals surface area contributed by atoms with Crippen LogP contribution in [-0.2, 0) is 20.2 Å². The highest BCUT2D eigenvalue weighted by Gasteiger charge is 2.25. The van der Waals surface area contributed by atoms with Gasteiger partial charge in [-0.25, -0.2) is 0 Å². The van der Waals surface area contributed by atoms with E-state index in [9.17, 15) is 25.6 Å². The van der Waals surface area contributed by atoms with Crippen LogP contribution in [0.5, 0.6) is 0 Å². The lowest BCUT2D eigenvalue weighted by molar-refractivity contribution is 0.457. The number of benzene rings is 1. The summed E-state index contributed by atoms with van der Waals surface area (Å²) in [5, 5.41) is 2.25. The van der Waals surface area contributed by atoms with Gasteiger partial charge >= 0.3 is 12.2 Å². The van der Waals surface area contributed by atoms with Crippen LogP contribution in [0.1, 0.15) is 5.56 Å². The van der Waals surface area contributed by atoms with Crippen LogP contribution in [0.25, 0.3) is 0 Å². The van der Waals surface area contributed by atoms with Crippen LogP contribution in [-0.4, -0.2) is 40.9 Å². The zero-order chi connectivity index (χ0) is 18.3. The maximum atomic E-state index is 12.9. The molecule has 24 heavy (non-hydrogen) atoms. The lowest BCUT2D eigenvalue weighted by Crippen LogP contribution is -2.11. The van der Waals surface area contributed by atoms with Crippen LogP contribution < -0.4 is 5.32 Å². The Balaban J connectivity index is 2.64. The van der Waals surface area contributed by atoms with Crippen LogP contribution in [0.2, 0.25) is 0 Å². The van der Waals surface area contributed by atoms with Crippen molar-refractivity contribution in [1.82, 2.24) is 15.0 Å². The van der Waals surface area contributed by atoms with E-state index in [1.165, 1.54) is 6.92 Å².